The smallest absolute Gasteiger partial charge is 0.331 e. The fraction of sp³-hybridized carbons (Fsp3) is 0.0556. The summed E-state index contributed by atoms with van der Waals surface area (Å²) < 4.78 is 6.42. The van der Waals surface area contributed by atoms with Gasteiger partial charge in [-0.25, -0.2) is 9.78 Å². The predicted molar refractivity (Wildman–Crippen MR) is 93.4 cm³/mol. The Morgan fingerprint density at radius 2 is 2.00 bits per heavy atom. The number of rotatable bonds is 5. The molecule has 2 heterocycles. The number of para-hydroxylation sites is 1. The van der Waals surface area contributed by atoms with E-state index in [2.05, 4.69) is 4.98 Å². The maximum Gasteiger partial charge on any atom is 0.331 e. The molecule has 130 valence electrons. The minimum Gasteiger partial charge on any atom is -0.456 e. The molecule has 3 rings (SSSR count). The molecular weight excluding hydrogens is 338 g/mol. The third-order valence-electron chi connectivity index (χ3n) is 3.52. The van der Waals surface area contributed by atoms with Crippen LogP contribution in [0.1, 0.15) is 11.3 Å². The lowest BCUT2D eigenvalue weighted by molar-refractivity contribution is -0.385. The van der Waals surface area contributed by atoms with Crippen LogP contribution in [0.3, 0.4) is 0 Å². The molecule has 1 aromatic carbocycles. The van der Waals surface area contributed by atoms with Gasteiger partial charge in [0, 0.05) is 24.4 Å². The highest BCUT2D eigenvalue weighted by Crippen LogP contribution is 2.18. The van der Waals surface area contributed by atoms with Gasteiger partial charge in [0.05, 0.1) is 16.2 Å². The van der Waals surface area contributed by atoms with Gasteiger partial charge in [0.2, 0.25) is 0 Å². The highest BCUT2D eigenvalue weighted by molar-refractivity contribution is 5.87. The van der Waals surface area contributed by atoms with Gasteiger partial charge in [-0.1, -0.05) is 18.2 Å². The van der Waals surface area contributed by atoms with Crippen LogP contribution in [-0.4, -0.2) is 20.3 Å². The molecule has 0 aliphatic rings. The number of fused-ring (bicyclic) bond motifs is 1. The van der Waals surface area contributed by atoms with Crippen LogP contribution in [0.15, 0.2) is 65.6 Å². The van der Waals surface area contributed by atoms with Crippen molar-refractivity contribution in [2.45, 2.75) is 6.61 Å². The number of ether oxygens (including phenoxy) is 1. The zero-order chi connectivity index (χ0) is 18.5. The Bertz CT molecular complexity index is 1070. The van der Waals surface area contributed by atoms with Gasteiger partial charge in [0.1, 0.15) is 12.3 Å². The molecule has 0 fully saturated rings. The van der Waals surface area contributed by atoms with Crippen LogP contribution in [-0.2, 0) is 16.1 Å². The maximum atomic E-state index is 12.0. The number of benzene rings is 1. The molecule has 0 aliphatic carbocycles. The van der Waals surface area contributed by atoms with E-state index in [-0.39, 0.29) is 23.4 Å². The van der Waals surface area contributed by atoms with Gasteiger partial charge in [0.15, 0.2) is 0 Å². The molecule has 0 amide bonds. The van der Waals surface area contributed by atoms with Crippen molar-refractivity contribution in [2.24, 2.45) is 0 Å². The molecule has 0 radical (unpaired) electrons. The van der Waals surface area contributed by atoms with E-state index in [0.29, 0.717) is 11.3 Å². The molecule has 8 nitrogen and oxygen atoms in total. The first-order valence-electron chi connectivity index (χ1n) is 7.60. The van der Waals surface area contributed by atoms with Gasteiger partial charge in [-0.3, -0.25) is 19.3 Å². The van der Waals surface area contributed by atoms with Crippen LogP contribution in [0, 0.1) is 10.1 Å². The van der Waals surface area contributed by atoms with Crippen LogP contribution in [0.2, 0.25) is 0 Å². The first-order valence-corrected chi connectivity index (χ1v) is 7.60. The number of carbonyl (C=O) groups excluding carboxylic acids is 1. The van der Waals surface area contributed by atoms with Gasteiger partial charge in [0.25, 0.3) is 11.2 Å². The number of nitrogens with zero attached hydrogens (tertiary/aromatic N) is 3. The van der Waals surface area contributed by atoms with Crippen molar-refractivity contribution in [1.82, 2.24) is 9.38 Å². The van der Waals surface area contributed by atoms with Crippen molar-refractivity contribution in [3.63, 3.8) is 0 Å². The van der Waals surface area contributed by atoms with Crippen molar-refractivity contribution < 1.29 is 14.5 Å². The Morgan fingerprint density at radius 3 is 2.81 bits per heavy atom. The molecule has 0 N–H and O–H groups in total. The number of pyridine rings is 1. The SMILES string of the molecule is O=C(/C=C/c1ccccc1[N+](=O)[O-])OCc1cc(=O)n2ccccc2n1. The summed E-state index contributed by atoms with van der Waals surface area (Å²) in [6.07, 6.45) is 4.00. The molecule has 0 aliphatic heterocycles. The first-order chi connectivity index (χ1) is 12.5. The molecule has 0 atom stereocenters. The predicted octanol–water partition coefficient (Wildman–Crippen LogP) is 2.36. The third kappa shape index (κ3) is 3.81. The fourth-order valence-electron chi connectivity index (χ4n) is 2.32. The van der Waals surface area contributed by atoms with E-state index in [9.17, 15) is 19.7 Å². The zero-order valence-electron chi connectivity index (χ0n) is 13.4. The van der Waals surface area contributed by atoms with Crippen LogP contribution in [0.25, 0.3) is 11.7 Å². The molecule has 8 heteroatoms. The Labute approximate surface area is 147 Å². The molecule has 26 heavy (non-hydrogen) atoms. The van der Waals surface area contributed by atoms with E-state index >= 15 is 0 Å². The van der Waals surface area contributed by atoms with Crippen LogP contribution in [0.5, 0.6) is 0 Å². The molecule has 3 aromatic rings. The first kappa shape index (κ1) is 17.0. The van der Waals surface area contributed by atoms with Gasteiger partial charge in [-0.05, 0) is 24.3 Å². The molecule has 2 aromatic heterocycles. The Kier molecular flexibility index (Phi) is 4.84. The van der Waals surface area contributed by atoms with Crippen molar-refractivity contribution in [3.8, 4) is 0 Å². The summed E-state index contributed by atoms with van der Waals surface area (Å²) >= 11 is 0. The van der Waals surface area contributed by atoms with Gasteiger partial charge >= 0.3 is 5.97 Å². The number of hydrogen-bond acceptors (Lipinski definition) is 6. The molecule has 0 saturated carbocycles. The number of aromatic nitrogens is 2. The largest absolute Gasteiger partial charge is 0.456 e. The van der Waals surface area contributed by atoms with Crippen LogP contribution in [0.4, 0.5) is 5.69 Å². The lowest BCUT2D eigenvalue weighted by atomic mass is 10.1. The van der Waals surface area contributed by atoms with E-state index in [1.165, 1.54) is 34.7 Å². The fourth-order valence-corrected chi connectivity index (χ4v) is 2.32. The zero-order valence-corrected chi connectivity index (χ0v) is 13.4. The number of carbonyl (C=O) groups is 1. The number of hydrogen-bond donors (Lipinski definition) is 0. The summed E-state index contributed by atoms with van der Waals surface area (Å²) in [6.45, 7) is -0.180. The van der Waals surface area contributed by atoms with Crippen molar-refractivity contribution in [3.05, 3.63) is 92.5 Å². The van der Waals surface area contributed by atoms with Crippen molar-refractivity contribution in [1.29, 1.82) is 0 Å². The number of nitro benzene ring substituents is 1. The number of esters is 1. The van der Waals surface area contributed by atoms with Gasteiger partial charge < -0.3 is 4.74 Å². The summed E-state index contributed by atoms with van der Waals surface area (Å²) in [4.78, 5) is 38.4. The second kappa shape index (κ2) is 7.39. The van der Waals surface area contributed by atoms with E-state index < -0.39 is 10.9 Å². The summed E-state index contributed by atoms with van der Waals surface area (Å²) in [6, 6.07) is 12.4. The second-order valence-corrected chi connectivity index (χ2v) is 5.27. The van der Waals surface area contributed by atoms with Crippen LogP contribution < -0.4 is 5.56 Å². The highest BCUT2D eigenvalue weighted by atomic mass is 16.6. The normalized spacial score (nSPS) is 10.9. The van der Waals surface area contributed by atoms with E-state index in [0.717, 1.165) is 6.08 Å². The quantitative estimate of drug-likeness (QED) is 0.302. The van der Waals surface area contributed by atoms with Crippen molar-refractivity contribution >= 4 is 23.4 Å². The van der Waals surface area contributed by atoms with E-state index in [1.54, 1.807) is 30.5 Å². The van der Waals surface area contributed by atoms with Gasteiger partial charge in [-0.15, -0.1) is 0 Å². The minimum atomic E-state index is -0.696. The average Bonchev–Trinajstić information content (AvgIpc) is 2.65. The molecular formula is C18H13N3O5. The van der Waals surface area contributed by atoms with Crippen LogP contribution >= 0.6 is 0 Å². The molecule has 0 unspecified atom stereocenters. The molecule has 0 spiro atoms. The lowest BCUT2D eigenvalue weighted by Crippen LogP contribution is -2.16. The Morgan fingerprint density at radius 1 is 1.23 bits per heavy atom. The Hall–Kier alpha value is -3.81. The summed E-state index contributed by atoms with van der Waals surface area (Å²) in [7, 11) is 0. The van der Waals surface area contributed by atoms with E-state index in [4.69, 9.17) is 4.74 Å². The van der Waals surface area contributed by atoms with Crippen molar-refractivity contribution in [2.75, 3.05) is 0 Å². The van der Waals surface area contributed by atoms with Gasteiger partial charge in [-0.2, -0.15) is 0 Å². The maximum absolute atomic E-state index is 12.0. The lowest BCUT2D eigenvalue weighted by Gasteiger charge is -2.04. The summed E-state index contributed by atoms with van der Waals surface area (Å²) in [5.74, 6) is -0.696. The topological polar surface area (TPSA) is 104 Å². The third-order valence-corrected chi connectivity index (χ3v) is 3.52. The number of nitro groups is 1. The molecule has 0 bridgehead atoms. The van der Waals surface area contributed by atoms with E-state index in [1.807, 2.05) is 0 Å². The second-order valence-electron chi connectivity index (χ2n) is 5.27. The minimum absolute atomic E-state index is 0.110. The Balaban J connectivity index is 1.70. The standard InChI is InChI=1S/C18H13N3O5/c22-17-11-14(19-16-7-3-4-10-20(16)17)12-26-18(23)9-8-13-5-1-2-6-15(13)21(24)25/h1-11H,12H2/b9-8+. The highest BCUT2D eigenvalue weighted by Gasteiger charge is 2.10. The summed E-state index contributed by atoms with van der Waals surface area (Å²) in [5.41, 5.74) is 0.657. The molecule has 0 saturated heterocycles. The average molecular weight is 351 g/mol. The monoisotopic (exact) mass is 351 g/mol. The summed E-state index contributed by atoms with van der Waals surface area (Å²) in [5, 5.41) is 10.9.